The van der Waals surface area contributed by atoms with Crippen molar-refractivity contribution in [2.24, 2.45) is 0 Å². The van der Waals surface area contributed by atoms with Gasteiger partial charge in [-0.2, -0.15) is 0 Å². The molecule has 1 aliphatic rings. The summed E-state index contributed by atoms with van der Waals surface area (Å²) in [6.45, 7) is 6.59. The van der Waals surface area contributed by atoms with E-state index in [1.807, 2.05) is 75.4 Å². The van der Waals surface area contributed by atoms with E-state index in [9.17, 15) is 9.59 Å². The van der Waals surface area contributed by atoms with Gasteiger partial charge in [0.05, 0.1) is 17.9 Å². The lowest BCUT2D eigenvalue weighted by Gasteiger charge is -2.17. The molecular formula is C27H26N2O3. The summed E-state index contributed by atoms with van der Waals surface area (Å²) in [6, 6.07) is 22.3. The van der Waals surface area contributed by atoms with Crippen LogP contribution in [-0.4, -0.2) is 18.4 Å². The Kier molecular flexibility index (Phi) is 6.08. The van der Waals surface area contributed by atoms with Crippen LogP contribution in [-0.2, 0) is 9.59 Å². The highest BCUT2D eigenvalue weighted by Gasteiger charge is 2.40. The smallest absolute Gasteiger partial charge is 0.282 e. The summed E-state index contributed by atoms with van der Waals surface area (Å²) in [6.07, 6.45) is 0.871. The Bertz CT molecular complexity index is 1200. The molecule has 1 N–H and O–H groups in total. The Labute approximate surface area is 188 Å². The molecule has 0 atom stereocenters. The summed E-state index contributed by atoms with van der Waals surface area (Å²) in [5.41, 5.74) is 4.73. The summed E-state index contributed by atoms with van der Waals surface area (Å²) in [4.78, 5) is 28.3. The first kappa shape index (κ1) is 21.4. The number of imide groups is 1. The molecule has 0 saturated carbocycles. The maximum atomic E-state index is 13.6. The summed E-state index contributed by atoms with van der Waals surface area (Å²) in [5.74, 6) is -0.121. The Morgan fingerprint density at radius 2 is 1.66 bits per heavy atom. The number of carbonyl (C=O) groups is 2. The lowest BCUT2D eigenvalue weighted by molar-refractivity contribution is -0.120. The van der Waals surface area contributed by atoms with Crippen LogP contribution < -0.4 is 15.0 Å². The van der Waals surface area contributed by atoms with Crippen LogP contribution in [0.5, 0.6) is 5.75 Å². The molecule has 4 rings (SSSR count). The van der Waals surface area contributed by atoms with E-state index in [1.54, 1.807) is 18.2 Å². The van der Waals surface area contributed by atoms with Crippen LogP contribution in [0.25, 0.3) is 5.57 Å². The Balaban J connectivity index is 1.77. The topological polar surface area (TPSA) is 58.6 Å². The Morgan fingerprint density at radius 3 is 2.38 bits per heavy atom. The minimum absolute atomic E-state index is 0.271. The van der Waals surface area contributed by atoms with Gasteiger partial charge in [0.15, 0.2) is 0 Å². The number of aryl methyl sites for hydroxylation is 2. The Hall–Kier alpha value is -3.86. The van der Waals surface area contributed by atoms with Crippen LogP contribution in [0.1, 0.15) is 30.0 Å². The quantitative estimate of drug-likeness (QED) is 0.508. The molecule has 0 fully saturated rings. The zero-order valence-electron chi connectivity index (χ0n) is 18.5. The van der Waals surface area contributed by atoms with Gasteiger partial charge in [0.2, 0.25) is 0 Å². The molecule has 0 radical (unpaired) electrons. The van der Waals surface area contributed by atoms with E-state index in [1.165, 1.54) is 4.90 Å². The van der Waals surface area contributed by atoms with Crippen molar-refractivity contribution < 1.29 is 14.3 Å². The van der Waals surface area contributed by atoms with Gasteiger partial charge in [-0.25, -0.2) is 4.90 Å². The third-order valence-electron chi connectivity index (χ3n) is 5.34. The van der Waals surface area contributed by atoms with E-state index in [-0.39, 0.29) is 17.5 Å². The predicted octanol–water partition coefficient (Wildman–Crippen LogP) is 5.49. The van der Waals surface area contributed by atoms with Gasteiger partial charge < -0.3 is 10.1 Å². The number of hydrogen-bond acceptors (Lipinski definition) is 4. The molecule has 5 nitrogen and oxygen atoms in total. The van der Waals surface area contributed by atoms with E-state index in [0.717, 1.165) is 23.2 Å². The fraction of sp³-hybridized carbons (Fsp3) is 0.185. The summed E-state index contributed by atoms with van der Waals surface area (Å²) >= 11 is 0. The number of benzene rings is 3. The van der Waals surface area contributed by atoms with Crippen molar-refractivity contribution in [3.63, 3.8) is 0 Å². The average molecular weight is 427 g/mol. The standard InChI is InChI=1S/C27H26N2O3/c1-4-15-32-22-12-8-11-21(17-22)29-26(30)24(20-9-6-5-7-10-20)25(27(29)31)28-23-14-13-18(2)16-19(23)3/h5-14,16-17,28H,4,15H2,1-3H3. The molecule has 1 heterocycles. The van der Waals surface area contributed by atoms with Gasteiger partial charge in [-0.05, 0) is 49.6 Å². The van der Waals surface area contributed by atoms with Crippen molar-refractivity contribution in [1.29, 1.82) is 0 Å². The van der Waals surface area contributed by atoms with Gasteiger partial charge in [0, 0.05) is 11.8 Å². The van der Waals surface area contributed by atoms with E-state index >= 15 is 0 Å². The Morgan fingerprint density at radius 1 is 0.875 bits per heavy atom. The molecule has 0 bridgehead atoms. The first-order valence-electron chi connectivity index (χ1n) is 10.7. The normalized spacial score (nSPS) is 13.7. The number of hydrogen-bond donors (Lipinski definition) is 1. The average Bonchev–Trinajstić information content (AvgIpc) is 3.04. The minimum Gasteiger partial charge on any atom is -0.494 e. The van der Waals surface area contributed by atoms with Crippen LogP contribution in [0.4, 0.5) is 11.4 Å². The maximum absolute atomic E-state index is 13.6. The third-order valence-corrected chi connectivity index (χ3v) is 5.34. The second kappa shape index (κ2) is 9.10. The molecule has 5 heteroatoms. The van der Waals surface area contributed by atoms with E-state index in [2.05, 4.69) is 5.32 Å². The fourth-order valence-corrected chi connectivity index (χ4v) is 3.77. The molecule has 0 aromatic heterocycles. The number of amides is 2. The van der Waals surface area contributed by atoms with Gasteiger partial charge >= 0.3 is 0 Å². The monoisotopic (exact) mass is 426 g/mol. The van der Waals surface area contributed by atoms with Crippen LogP contribution >= 0.6 is 0 Å². The first-order valence-corrected chi connectivity index (χ1v) is 10.7. The highest BCUT2D eigenvalue weighted by Crippen LogP contribution is 2.35. The molecule has 3 aromatic rings. The van der Waals surface area contributed by atoms with Gasteiger partial charge in [0.25, 0.3) is 11.8 Å². The fourth-order valence-electron chi connectivity index (χ4n) is 3.77. The van der Waals surface area contributed by atoms with E-state index < -0.39 is 0 Å². The number of nitrogens with one attached hydrogen (secondary N) is 1. The van der Waals surface area contributed by atoms with Crippen molar-refractivity contribution in [2.45, 2.75) is 27.2 Å². The van der Waals surface area contributed by atoms with Crippen LogP contribution in [0, 0.1) is 13.8 Å². The predicted molar refractivity (Wildman–Crippen MR) is 128 cm³/mol. The first-order chi connectivity index (χ1) is 15.5. The van der Waals surface area contributed by atoms with E-state index in [4.69, 9.17) is 4.74 Å². The van der Waals surface area contributed by atoms with Gasteiger partial charge in [0.1, 0.15) is 11.4 Å². The molecule has 2 amide bonds. The van der Waals surface area contributed by atoms with Crippen molar-refractivity contribution in [1.82, 2.24) is 0 Å². The molecule has 1 aliphatic heterocycles. The zero-order valence-corrected chi connectivity index (χ0v) is 18.5. The molecule has 3 aromatic carbocycles. The highest BCUT2D eigenvalue weighted by atomic mass is 16.5. The zero-order chi connectivity index (χ0) is 22.7. The van der Waals surface area contributed by atoms with Gasteiger partial charge in [-0.1, -0.05) is 61.0 Å². The molecule has 0 aliphatic carbocycles. The third kappa shape index (κ3) is 4.14. The lowest BCUT2D eigenvalue weighted by atomic mass is 10.0. The second-order valence-corrected chi connectivity index (χ2v) is 7.85. The molecule has 0 unspecified atom stereocenters. The number of anilines is 2. The van der Waals surface area contributed by atoms with Crippen molar-refractivity contribution >= 4 is 28.8 Å². The molecule has 32 heavy (non-hydrogen) atoms. The van der Waals surface area contributed by atoms with Gasteiger partial charge in [-0.15, -0.1) is 0 Å². The van der Waals surface area contributed by atoms with Crippen molar-refractivity contribution in [2.75, 3.05) is 16.8 Å². The van der Waals surface area contributed by atoms with E-state index in [0.29, 0.717) is 29.2 Å². The number of carbonyl (C=O) groups excluding carboxylic acids is 2. The summed E-state index contributed by atoms with van der Waals surface area (Å²) in [5, 5.41) is 3.25. The summed E-state index contributed by atoms with van der Waals surface area (Å²) in [7, 11) is 0. The number of rotatable bonds is 7. The van der Waals surface area contributed by atoms with Crippen molar-refractivity contribution in [3.8, 4) is 5.75 Å². The SMILES string of the molecule is CCCOc1cccc(N2C(=O)C(Nc3ccc(C)cc3C)=C(c3ccccc3)C2=O)c1. The van der Waals surface area contributed by atoms with Crippen LogP contribution in [0.3, 0.4) is 0 Å². The van der Waals surface area contributed by atoms with Gasteiger partial charge in [-0.3, -0.25) is 9.59 Å². The van der Waals surface area contributed by atoms with Crippen LogP contribution in [0.2, 0.25) is 0 Å². The highest BCUT2D eigenvalue weighted by molar-refractivity contribution is 6.46. The molecule has 162 valence electrons. The minimum atomic E-state index is -0.388. The van der Waals surface area contributed by atoms with Crippen LogP contribution in [0.15, 0.2) is 78.5 Å². The molecular weight excluding hydrogens is 400 g/mol. The maximum Gasteiger partial charge on any atom is 0.282 e. The largest absolute Gasteiger partial charge is 0.494 e. The van der Waals surface area contributed by atoms with Crippen molar-refractivity contribution in [3.05, 3.63) is 95.2 Å². The summed E-state index contributed by atoms with van der Waals surface area (Å²) < 4.78 is 5.71. The second-order valence-electron chi connectivity index (χ2n) is 7.85. The number of nitrogens with zero attached hydrogens (tertiary/aromatic N) is 1. The number of ether oxygens (including phenoxy) is 1. The molecule has 0 saturated heterocycles. The lowest BCUT2D eigenvalue weighted by Crippen LogP contribution is -2.32. The molecule has 0 spiro atoms.